The average Bonchev–Trinajstić information content (AvgIpc) is 2.77. The zero-order valence-electron chi connectivity index (χ0n) is 7.75. The van der Waals surface area contributed by atoms with Crippen molar-refractivity contribution in [2.45, 2.75) is 6.54 Å². The molecule has 0 radical (unpaired) electrons. The van der Waals surface area contributed by atoms with Crippen molar-refractivity contribution in [1.29, 1.82) is 0 Å². The van der Waals surface area contributed by atoms with Crippen LogP contribution in [0.3, 0.4) is 0 Å². The molecule has 0 unspecified atom stereocenters. The Balaban J connectivity index is 1.93. The number of amides is 1. The van der Waals surface area contributed by atoms with Gasteiger partial charge < -0.3 is 15.6 Å². The standard InChI is InChI=1S/C8H9N5O2/c9-6-1-3-13(11-6)5-8(14)10-7-2-4-15-12-7/h1-4H,5H2,(H2,9,11)(H,10,12,14). The van der Waals surface area contributed by atoms with Crippen molar-refractivity contribution < 1.29 is 9.32 Å². The molecule has 0 bridgehead atoms. The molecule has 0 fully saturated rings. The van der Waals surface area contributed by atoms with E-state index in [4.69, 9.17) is 5.73 Å². The highest BCUT2D eigenvalue weighted by molar-refractivity contribution is 5.89. The Kier molecular flexibility index (Phi) is 2.36. The molecule has 3 N–H and O–H groups in total. The van der Waals surface area contributed by atoms with E-state index in [-0.39, 0.29) is 12.5 Å². The Morgan fingerprint density at radius 2 is 2.47 bits per heavy atom. The SMILES string of the molecule is Nc1ccn(CC(=O)Nc2ccon2)n1. The van der Waals surface area contributed by atoms with Gasteiger partial charge in [-0.3, -0.25) is 9.48 Å². The Bertz CT molecular complexity index is 447. The number of nitrogen functional groups attached to an aromatic ring is 1. The summed E-state index contributed by atoms with van der Waals surface area (Å²) in [4.78, 5) is 11.4. The van der Waals surface area contributed by atoms with Crippen molar-refractivity contribution in [2.75, 3.05) is 11.1 Å². The molecule has 2 heterocycles. The second-order valence-corrected chi connectivity index (χ2v) is 2.87. The van der Waals surface area contributed by atoms with E-state index in [2.05, 4.69) is 20.1 Å². The summed E-state index contributed by atoms with van der Waals surface area (Å²) < 4.78 is 6.00. The third kappa shape index (κ3) is 2.33. The molecule has 2 aromatic rings. The molecule has 2 aromatic heterocycles. The summed E-state index contributed by atoms with van der Waals surface area (Å²) in [5.41, 5.74) is 5.40. The maximum atomic E-state index is 11.4. The zero-order valence-corrected chi connectivity index (χ0v) is 7.75. The Morgan fingerprint density at radius 3 is 3.07 bits per heavy atom. The highest BCUT2D eigenvalue weighted by Crippen LogP contribution is 2.01. The predicted molar refractivity (Wildman–Crippen MR) is 51.8 cm³/mol. The number of nitrogens with one attached hydrogen (secondary N) is 1. The van der Waals surface area contributed by atoms with E-state index < -0.39 is 0 Å². The normalized spacial score (nSPS) is 10.1. The lowest BCUT2D eigenvalue weighted by atomic mass is 10.5. The second kappa shape index (κ2) is 3.82. The van der Waals surface area contributed by atoms with Gasteiger partial charge in [0.2, 0.25) is 5.91 Å². The predicted octanol–water partition coefficient (Wildman–Crippen LogP) is 0.0920. The van der Waals surface area contributed by atoms with Crippen LogP contribution < -0.4 is 11.1 Å². The molecule has 7 heteroatoms. The van der Waals surface area contributed by atoms with E-state index in [1.165, 1.54) is 10.9 Å². The lowest BCUT2D eigenvalue weighted by Gasteiger charge is -2.00. The minimum Gasteiger partial charge on any atom is -0.382 e. The summed E-state index contributed by atoms with van der Waals surface area (Å²) in [6.07, 6.45) is 3.00. The molecule has 1 amide bonds. The van der Waals surface area contributed by atoms with Crippen LogP contribution in [0.25, 0.3) is 0 Å². The van der Waals surface area contributed by atoms with E-state index in [0.717, 1.165) is 0 Å². The van der Waals surface area contributed by atoms with Gasteiger partial charge in [-0.1, -0.05) is 5.16 Å². The molecule has 0 spiro atoms. The van der Waals surface area contributed by atoms with Crippen molar-refractivity contribution in [3.63, 3.8) is 0 Å². The van der Waals surface area contributed by atoms with Crippen LogP contribution in [0, 0.1) is 0 Å². The molecule has 0 atom stereocenters. The number of nitrogens with zero attached hydrogens (tertiary/aromatic N) is 3. The van der Waals surface area contributed by atoms with Crippen molar-refractivity contribution in [2.24, 2.45) is 0 Å². The minimum atomic E-state index is -0.244. The fourth-order valence-corrected chi connectivity index (χ4v) is 1.07. The molecule has 7 nitrogen and oxygen atoms in total. The number of carbonyl (C=O) groups is 1. The minimum absolute atomic E-state index is 0.0874. The first-order valence-electron chi connectivity index (χ1n) is 4.23. The third-order valence-corrected chi connectivity index (χ3v) is 1.67. The van der Waals surface area contributed by atoms with Crippen LogP contribution in [-0.4, -0.2) is 20.8 Å². The fourth-order valence-electron chi connectivity index (χ4n) is 1.07. The second-order valence-electron chi connectivity index (χ2n) is 2.87. The van der Waals surface area contributed by atoms with Crippen molar-refractivity contribution >= 4 is 17.5 Å². The van der Waals surface area contributed by atoms with E-state index in [9.17, 15) is 4.79 Å². The van der Waals surface area contributed by atoms with Crippen molar-refractivity contribution in [3.8, 4) is 0 Å². The summed E-state index contributed by atoms with van der Waals surface area (Å²) in [6, 6.07) is 3.17. The molecule has 2 rings (SSSR count). The number of carbonyl (C=O) groups excluding carboxylic acids is 1. The number of rotatable bonds is 3. The quantitative estimate of drug-likeness (QED) is 0.743. The molecule has 0 aliphatic carbocycles. The van der Waals surface area contributed by atoms with Crippen LogP contribution in [0.1, 0.15) is 0 Å². The van der Waals surface area contributed by atoms with E-state index >= 15 is 0 Å². The van der Waals surface area contributed by atoms with Crippen LogP contribution in [0.5, 0.6) is 0 Å². The summed E-state index contributed by atoms with van der Waals surface area (Å²) in [5, 5.41) is 9.95. The molecule has 0 aliphatic heterocycles. The topological polar surface area (TPSA) is 99.0 Å². The first-order valence-corrected chi connectivity index (χ1v) is 4.23. The number of anilines is 2. The van der Waals surface area contributed by atoms with E-state index in [1.807, 2.05) is 0 Å². The van der Waals surface area contributed by atoms with Crippen molar-refractivity contribution in [3.05, 3.63) is 24.6 Å². The number of nitrogens with two attached hydrogens (primary N) is 1. The lowest BCUT2D eigenvalue weighted by molar-refractivity contribution is -0.116. The summed E-state index contributed by atoms with van der Waals surface area (Å²) in [7, 11) is 0. The molecule has 0 aromatic carbocycles. The van der Waals surface area contributed by atoms with Gasteiger partial charge in [0.1, 0.15) is 18.6 Å². The van der Waals surface area contributed by atoms with Crippen LogP contribution in [0.2, 0.25) is 0 Å². The summed E-state index contributed by atoms with van der Waals surface area (Å²) >= 11 is 0. The third-order valence-electron chi connectivity index (χ3n) is 1.67. The maximum Gasteiger partial charge on any atom is 0.247 e. The van der Waals surface area contributed by atoms with E-state index in [1.54, 1.807) is 18.3 Å². The summed E-state index contributed by atoms with van der Waals surface area (Å²) in [5.74, 6) is 0.511. The lowest BCUT2D eigenvalue weighted by Crippen LogP contribution is -2.19. The van der Waals surface area contributed by atoms with Gasteiger partial charge in [0.15, 0.2) is 5.82 Å². The monoisotopic (exact) mass is 207 g/mol. The van der Waals surface area contributed by atoms with Gasteiger partial charge >= 0.3 is 0 Å². The molecule has 0 aliphatic rings. The molecule has 0 saturated heterocycles. The molecule has 15 heavy (non-hydrogen) atoms. The van der Waals surface area contributed by atoms with Gasteiger partial charge in [0.25, 0.3) is 0 Å². The van der Waals surface area contributed by atoms with Crippen LogP contribution >= 0.6 is 0 Å². The Hall–Kier alpha value is -2.31. The van der Waals surface area contributed by atoms with Crippen LogP contribution in [0.15, 0.2) is 29.1 Å². The number of hydrogen-bond acceptors (Lipinski definition) is 5. The largest absolute Gasteiger partial charge is 0.382 e. The maximum absolute atomic E-state index is 11.4. The van der Waals surface area contributed by atoms with Crippen molar-refractivity contribution in [1.82, 2.24) is 14.9 Å². The highest BCUT2D eigenvalue weighted by atomic mass is 16.5. The first kappa shape index (κ1) is 9.25. The van der Waals surface area contributed by atoms with Crippen LogP contribution in [0.4, 0.5) is 11.6 Å². The van der Waals surface area contributed by atoms with Gasteiger partial charge in [-0.25, -0.2) is 0 Å². The Morgan fingerprint density at radius 1 is 1.60 bits per heavy atom. The van der Waals surface area contributed by atoms with Gasteiger partial charge in [-0.2, -0.15) is 5.10 Å². The molecular weight excluding hydrogens is 198 g/mol. The smallest absolute Gasteiger partial charge is 0.247 e. The van der Waals surface area contributed by atoms with Gasteiger partial charge in [-0.05, 0) is 6.07 Å². The average molecular weight is 207 g/mol. The van der Waals surface area contributed by atoms with Gasteiger partial charge in [-0.15, -0.1) is 0 Å². The highest BCUT2D eigenvalue weighted by Gasteiger charge is 2.05. The summed E-state index contributed by atoms with van der Waals surface area (Å²) in [6.45, 7) is 0.0874. The van der Waals surface area contributed by atoms with E-state index in [0.29, 0.717) is 11.6 Å². The fraction of sp³-hybridized carbons (Fsp3) is 0.125. The molecule has 0 saturated carbocycles. The zero-order chi connectivity index (χ0) is 10.7. The number of hydrogen-bond donors (Lipinski definition) is 2. The van der Waals surface area contributed by atoms with Gasteiger partial charge in [0.05, 0.1) is 0 Å². The van der Waals surface area contributed by atoms with Crippen LogP contribution in [-0.2, 0) is 11.3 Å². The molecular formula is C8H9N5O2. The Labute approximate surface area is 84.8 Å². The molecule has 78 valence electrons. The first-order chi connectivity index (χ1) is 7.24. The van der Waals surface area contributed by atoms with Gasteiger partial charge in [0, 0.05) is 12.3 Å². The number of aromatic nitrogens is 3.